The van der Waals surface area contributed by atoms with Gasteiger partial charge in [0, 0.05) is 18.6 Å². The van der Waals surface area contributed by atoms with E-state index in [9.17, 15) is 17.2 Å². The molecule has 0 amide bonds. The molecule has 0 aliphatic carbocycles. The van der Waals surface area contributed by atoms with Crippen LogP contribution in [0.15, 0.2) is 18.6 Å². The van der Waals surface area contributed by atoms with Gasteiger partial charge in [-0.1, -0.05) is 0 Å². The lowest BCUT2D eigenvalue weighted by molar-refractivity contribution is 0.353. The van der Waals surface area contributed by atoms with Crippen LogP contribution in [0.5, 0.6) is 0 Å². The zero-order valence-electron chi connectivity index (χ0n) is 6.31. The highest BCUT2D eigenvalue weighted by Gasteiger charge is 2.27. The first-order valence-electron chi connectivity index (χ1n) is 3.18. The topological polar surface area (TPSA) is 59.9 Å². The summed E-state index contributed by atoms with van der Waals surface area (Å²) in [5.41, 5.74) is -0.00435. The Morgan fingerprint density at radius 3 is 2.54 bits per heavy atom. The second kappa shape index (κ2) is 3.73. The van der Waals surface area contributed by atoms with E-state index in [4.69, 9.17) is 0 Å². The molecule has 0 fully saturated rings. The third kappa shape index (κ3) is 2.69. The summed E-state index contributed by atoms with van der Waals surface area (Å²) >= 11 is 0. The average molecular weight is 207 g/mol. The van der Waals surface area contributed by atoms with Gasteiger partial charge in [-0.2, -0.15) is 8.78 Å². The Hall–Kier alpha value is -1.11. The molecule has 1 aromatic rings. The third-order valence-corrected chi connectivity index (χ3v) is 2.34. The SMILES string of the molecule is O=S(=O)(Cc1cnccn1)[C](F)F. The number of aromatic nitrogens is 2. The highest BCUT2D eigenvalue weighted by atomic mass is 32.2. The molecule has 0 aliphatic heterocycles. The fourth-order valence-electron chi connectivity index (χ4n) is 0.654. The molecule has 4 nitrogen and oxygen atoms in total. The number of halogens is 2. The second-order valence-corrected chi connectivity index (χ2v) is 4.01. The van der Waals surface area contributed by atoms with E-state index in [0.717, 1.165) is 6.20 Å². The monoisotopic (exact) mass is 207 g/mol. The molecule has 0 saturated heterocycles. The van der Waals surface area contributed by atoms with E-state index in [2.05, 4.69) is 9.97 Å². The van der Waals surface area contributed by atoms with Gasteiger partial charge in [0.25, 0.3) is 0 Å². The molecule has 7 heteroatoms. The van der Waals surface area contributed by atoms with Crippen LogP contribution < -0.4 is 0 Å². The first-order chi connectivity index (χ1) is 6.02. The van der Waals surface area contributed by atoms with Crippen LogP contribution in [-0.4, -0.2) is 18.4 Å². The molecular weight excluding hydrogens is 202 g/mol. The number of nitrogens with zero attached hydrogens (tertiary/aromatic N) is 2. The van der Waals surface area contributed by atoms with Crippen LogP contribution >= 0.6 is 0 Å². The van der Waals surface area contributed by atoms with Crippen molar-refractivity contribution < 1.29 is 17.2 Å². The summed E-state index contributed by atoms with van der Waals surface area (Å²) < 4.78 is 44.8. The summed E-state index contributed by atoms with van der Waals surface area (Å²) in [6.07, 6.45) is 3.69. The van der Waals surface area contributed by atoms with Gasteiger partial charge in [-0.3, -0.25) is 9.97 Å². The van der Waals surface area contributed by atoms with Gasteiger partial charge in [-0.25, -0.2) is 8.42 Å². The van der Waals surface area contributed by atoms with Crippen molar-refractivity contribution in [3.63, 3.8) is 0 Å². The summed E-state index contributed by atoms with van der Waals surface area (Å²) in [5.74, 6) is -3.42. The fourth-order valence-corrected chi connectivity index (χ4v) is 1.30. The Morgan fingerprint density at radius 2 is 2.08 bits per heavy atom. The van der Waals surface area contributed by atoms with Crippen molar-refractivity contribution in [2.45, 2.75) is 5.75 Å². The lowest BCUT2D eigenvalue weighted by Gasteiger charge is -1.99. The zero-order valence-corrected chi connectivity index (χ0v) is 7.13. The molecule has 1 rings (SSSR count). The van der Waals surface area contributed by atoms with Crippen molar-refractivity contribution >= 4 is 9.84 Å². The van der Waals surface area contributed by atoms with Gasteiger partial charge >= 0.3 is 5.76 Å². The zero-order chi connectivity index (χ0) is 9.90. The molecule has 71 valence electrons. The first-order valence-corrected chi connectivity index (χ1v) is 4.83. The summed E-state index contributed by atoms with van der Waals surface area (Å²) in [4.78, 5) is 7.11. The molecule has 13 heavy (non-hydrogen) atoms. The number of hydrogen-bond donors (Lipinski definition) is 0. The molecule has 0 bridgehead atoms. The van der Waals surface area contributed by atoms with E-state index in [-0.39, 0.29) is 5.69 Å². The standard InChI is InChI=1S/C6H5F2N2O2S/c7-6(8)13(11,12)4-5-3-9-1-2-10-5/h1-3H,4H2. The van der Waals surface area contributed by atoms with Crippen LogP contribution in [-0.2, 0) is 15.6 Å². The van der Waals surface area contributed by atoms with Gasteiger partial charge in [-0.15, -0.1) is 0 Å². The van der Waals surface area contributed by atoms with Gasteiger partial charge in [0.15, 0.2) is 0 Å². The molecule has 0 saturated carbocycles. The van der Waals surface area contributed by atoms with E-state index < -0.39 is 21.3 Å². The molecule has 0 spiro atoms. The molecule has 1 aromatic heterocycles. The molecular formula is C6H5F2N2O2S. The predicted octanol–water partition coefficient (Wildman–Crippen LogP) is 0.777. The summed E-state index contributed by atoms with van der Waals surface area (Å²) in [7, 11) is -4.47. The van der Waals surface area contributed by atoms with E-state index in [1.165, 1.54) is 12.4 Å². The lowest BCUT2D eigenvalue weighted by Crippen LogP contribution is -2.08. The Kier molecular flexibility index (Phi) is 2.86. The maximum Gasteiger partial charge on any atom is 0.422 e. The van der Waals surface area contributed by atoms with Gasteiger partial charge in [0.1, 0.15) is 5.75 Å². The number of rotatable bonds is 3. The van der Waals surface area contributed by atoms with Crippen molar-refractivity contribution in [2.24, 2.45) is 0 Å². The Balaban J connectivity index is 2.82. The van der Waals surface area contributed by atoms with Gasteiger partial charge in [0.2, 0.25) is 9.84 Å². The smallest absolute Gasteiger partial charge is 0.261 e. The third-order valence-electron chi connectivity index (χ3n) is 1.19. The van der Waals surface area contributed by atoms with Crippen LogP contribution in [0.25, 0.3) is 0 Å². The minimum Gasteiger partial charge on any atom is -0.261 e. The summed E-state index contributed by atoms with van der Waals surface area (Å²) in [6.45, 7) is 0. The Bertz CT molecular complexity index is 365. The quantitative estimate of drug-likeness (QED) is 0.734. The number of sulfone groups is 1. The maximum absolute atomic E-state index is 11.8. The van der Waals surface area contributed by atoms with Crippen LogP contribution in [0, 0.1) is 5.76 Å². The Morgan fingerprint density at radius 1 is 1.38 bits per heavy atom. The van der Waals surface area contributed by atoms with Crippen molar-refractivity contribution in [2.75, 3.05) is 0 Å². The fraction of sp³-hybridized carbons (Fsp3) is 0.167. The van der Waals surface area contributed by atoms with E-state index >= 15 is 0 Å². The summed E-state index contributed by atoms with van der Waals surface area (Å²) in [6, 6.07) is 0. The van der Waals surface area contributed by atoms with Crippen LogP contribution in [0.4, 0.5) is 8.78 Å². The lowest BCUT2D eigenvalue weighted by atomic mass is 10.5. The van der Waals surface area contributed by atoms with Crippen molar-refractivity contribution in [3.05, 3.63) is 30.0 Å². The molecule has 0 atom stereocenters. The van der Waals surface area contributed by atoms with Gasteiger partial charge < -0.3 is 0 Å². The molecule has 1 radical (unpaired) electrons. The van der Waals surface area contributed by atoms with Crippen molar-refractivity contribution in [3.8, 4) is 0 Å². The second-order valence-electron chi connectivity index (χ2n) is 2.18. The highest BCUT2D eigenvalue weighted by Crippen LogP contribution is 2.17. The predicted molar refractivity (Wildman–Crippen MR) is 40.1 cm³/mol. The van der Waals surface area contributed by atoms with Crippen LogP contribution in [0.3, 0.4) is 0 Å². The maximum atomic E-state index is 11.8. The number of hydrogen-bond acceptors (Lipinski definition) is 4. The Labute approximate surface area is 73.6 Å². The first kappa shape index (κ1) is 9.97. The van der Waals surface area contributed by atoms with Crippen LogP contribution in [0.2, 0.25) is 0 Å². The average Bonchev–Trinajstić information content (AvgIpc) is 2.05. The minimum atomic E-state index is -4.47. The van der Waals surface area contributed by atoms with Crippen LogP contribution in [0.1, 0.15) is 5.69 Å². The molecule has 1 heterocycles. The van der Waals surface area contributed by atoms with E-state index in [1.54, 1.807) is 0 Å². The summed E-state index contributed by atoms with van der Waals surface area (Å²) in [5, 5.41) is 0. The van der Waals surface area contributed by atoms with E-state index in [1.807, 2.05) is 0 Å². The largest absolute Gasteiger partial charge is 0.422 e. The van der Waals surface area contributed by atoms with Crippen molar-refractivity contribution in [1.29, 1.82) is 0 Å². The van der Waals surface area contributed by atoms with E-state index in [0.29, 0.717) is 0 Å². The highest BCUT2D eigenvalue weighted by molar-refractivity contribution is 7.93. The normalized spacial score (nSPS) is 11.9. The van der Waals surface area contributed by atoms with Gasteiger partial charge in [0.05, 0.1) is 5.69 Å². The molecule has 0 N–H and O–H groups in total. The van der Waals surface area contributed by atoms with Crippen molar-refractivity contribution in [1.82, 2.24) is 9.97 Å². The molecule has 0 aromatic carbocycles. The molecule has 0 aliphatic rings. The minimum absolute atomic E-state index is 0.00435. The van der Waals surface area contributed by atoms with Gasteiger partial charge in [-0.05, 0) is 0 Å². The molecule has 0 unspecified atom stereocenters.